The first kappa shape index (κ1) is 13.0. The Bertz CT molecular complexity index is 279. The van der Waals surface area contributed by atoms with Crippen LogP contribution in [0.25, 0.3) is 0 Å². The minimum Gasteiger partial charge on any atom is -0.381 e. The standard InChI is InChI=1S/C15H22O/c1-3-8-14(11-13-16-12-4-2)15-9-6-5-7-10-15/h3,5-7,9-10,14H,1,4,8,11-13H2,2H3. The van der Waals surface area contributed by atoms with Crippen molar-refractivity contribution in [3.63, 3.8) is 0 Å². The zero-order valence-corrected chi connectivity index (χ0v) is 10.2. The van der Waals surface area contributed by atoms with E-state index in [2.05, 4.69) is 43.8 Å². The molecule has 0 radical (unpaired) electrons. The number of hydrogen-bond acceptors (Lipinski definition) is 1. The van der Waals surface area contributed by atoms with Gasteiger partial charge in [-0.2, -0.15) is 0 Å². The number of allylic oxidation sites excluding steroid dienone is 1. The summed E-state index contributed by atoms with van der Waals surface area (Å²) in [6.45, 7) is 7.69. The van der Waals surface area contributed by atoms with Crippen LogP contribution in [0.4, 0.5) is 0 Å². The van der Waals surface area contributed by atoms with Crippen molar-refractivity contribution in [2.45, 2.75) is 32.1 Å². The summed E-state index contributed by atoms with van der Waals surface area (Å²) in [5.41, 5.74) is 1.39. The molecule has 16 heavy (non-hydrogen) atoms. The van der Waals surface area contributed by atoms with Gasteiger partial charge in [0.2, 0.25) is 0 Å². The zero-order chi connectivity index (χ0) is 11.6. The molecule has 1 aromatic carbocycles. The van der Waals surface area contributed by atoms with Gasteiger partial charge in [0.15, 0.2) is 0 Å². The SMILES string of the molecule is C=CCC(CCOCCC)c1ccccc1. The fraction of sp³-hybridized carbons (Fsp3) is 0.467. The average molecular weight is 218 g/mol. The van der Waals surface area contributed by atoms with Crippen LogP contribution in [0.3, 0.4) is 0 Å². The first-order chi connectivity index (χ1) is 7.88. The summed E-state index contributed by atoms with van der Waals surface area (Å²) in [6, 6.07) is 10.6. The molecule has 0 saturated carbocycles. The molecule has 0 fully saturated rings. The summed E-state index contributed by atoms with van der Waals surface area (Å²) in [7, 11) is 0. The van der Waals surface area contributed by atoms with Gasteiger partial charge in [0, 0.05) is 13.2 Å². The van der Waals surface area contributed by atoms with E-state index in [1.165, 1.54) is 5.56 Å². The van der Waals surface area contributed by atoms with Crippen molar-refractivity contribution >= 4 is 0 Å². The van der Waals surface area contributed by atoms with Crippen LogP contribution >= 0.6 is 0 Å². The van der Waals surface area contributed by atoms with Crippen molar-refractivity contribution in [3.8, 4) is 0 Å². The Morgan fingerprint density at radius 1 is 1.25 bits per heavy atom. The predicted molar refractivity (Wildman–Crippen MR) is 69.7 cm³/mol. The number of benzene rings is 1. The summed E-state index contributed by atoms with van der Waals surface area (Å²) >= 11 is 0. The van der Waals surface area contributed by atoms with Crippen molar-refractivity contribution in [3.05, 3.63) is 48.6 Å². The van der Waals surface area contributed by atoms with E-state index in [4.69, 9.17) is 4.74 Å². The molecule has 0 aliphatic carbocycles. The van der Waals surface area contributed by atoms with Crippen LogP contribution in [-0.4, -0.2) is 13.2 Å². The van der Waals surface area contributed by atoms with Gasteiger partial charge in [-0.15, -0.1) is 6.58 Å². The van der Waals surface area contributed by atoms with Crippen LogP contribution < -0.4 is 0 Å². The lowest BCUT2D eigenvalue weighted by Crippen LogP contribution is -2.04. The summed E-state index contributed by atoms with van der Waals surface area (Å²) in [6.07, 6.45) is 5.20. The van der Waals surface area contributed by atoms with Crippen LogP contribution in [0.5, 0.6) is 0 Å². The number of ether oxygens (including phenoxy) is 1. The molecule has 0 amide bonds. The lowest BCUT2D eigenvalue weighted by molar-refractivity contribution is 0.127. The molecular formula is C15H22O. The van der Waals surface area contributed by atoms with E-state index in [9.17, 15) is 0 Å². The Morgan fingerprint density at radius 3 is 2.62 bits per heavy atom. The molecular weight excluding hydrogens is 196 g/mol. The normalized spacial score (nSPS) is 12.3. The van der Waals surface area contributed by atoms with E-state index in [0.717, 1.165) is 32.5 Å². The third-order valence-corrected chi connectivity index (χ3v) is 2.68. The molecule has 0 N–H and O–H groups in total. The summed E-state index contributed by atoms with van der Waals surface area (Å²) < 4.78 is 5.55. The molecule has 1 heteroatoms. The Balaban J connectivity index is 2.44. The van der Waals surface area contributed by atoms with Crippen molar-refractivity contribution in [2.24, 2.45) is 0 Å². The molecule has 0 aliphatic rings. The quantitative estimate of drug-likeness (QED) is 0.470. The first-order valence-electron chi connectivity index (χ1n) is 6.12. The van der Waals surface area contributed by atoms with Gasteiger partial charge in [0.1, 0.15) is 0 Å². The van der Waals surface area contributed by atoms with Crippen molar-refractivity contribution in [1.29, 1.82) is 0 Å². The predicted octanol–water partition coefficient (Wildman–Crippen LogP) is 4.16. The van der Waals surface area contributed by atoms with Gasteiger partial charge in [-0.05, 0) is 30.7 Å². The Hall–Kier alpha value is -1.08. The first-order valence-corrected chi connectivity index (χ1v) is 6.12. The molecule has 1 aromatic rings. The molecule has 88 valence electrons. The van der Waals surface area contributed by atoms with E-state index in [-0.39, 0.29) is 0 Å². The molecule has 1 nitrogen and oxygen atoms in total. The third kappa shape index (κ3) is 4.63. The lowest BCUT2D eigenvalue weighted by atomic mass is 9.93. The highest BCUT2D eigenvalue weighted by molar-refractivity contribution is 5.20. The summed E-state index contributed by atoms with van der Waals surface area (Å²) in [5.74, 6) is 0.551. The smallest absolute Gasteiger partial charge is 0.0471 e. The Labute approximate surface area is 99.1 Å². The Morgan fingerprint density at radius 2 is 2.00 bits per heavy atom. The highest BCUT2D eigenvalue weighted by Gasteiger charge is 2.08. The Kier molecular flexibility index (Phi) is 6.59. The van der Waals surface area contributed by atoms with Gasteiger partial charge in [-0.3, -0.25) is 0 Å². The molecule has 0 saturated heterocycles. The van der Waals surface area contributed by atoms with Crippen molar-refractivity contribution < 1.29 is 4.74 Å². The van der Waals surface area contributed by atoms with Crippen LogP contribution in [0.15, 0.2) is 43.0 Å². The molecule has 0 aromatic heterocycles. The largest absolute Gasteiger partial charge is 0.381 e. The third-order valence-electron chi connectivity index (χ3n) is 2.68. The van der Waals surface area contributed by atoms with Gasteiger partial charge in [-0.1, -0.05) is 43.3 Å². The second kappa shape index (κ2) is 8.12. The molecule has 0 heterocycles. The monoisotopic (exact) mass is 218 g/mol. The van der Waals surface area contributed by atoms with E-state index < -0.39 is 0 Å². The summed E-state index contributed by atoms with van der Waals surface area (Å²) in [5, 5.41) is 0. The topological polar surface area (TPSA) is 9.23 Å². The van der Waals surface area contributed by atoms with Crippen LogP contribution in [0.2, 0.25) is 0 Å². The van der Waals surface area contributed by atoms with E-state index >= 15 is 0 Å². The molecule has 1 atom stereocenters. The minimum atomic E-state index is 0.551. The maximum atomic E-state index is 5.55. The zero-order valence-electron chi connectivity index (χ0n) is 10.2. The maximum absolute atomic E-state index is 5.55. The average Bonchev–Trinajstić information content (AvgIpc) is 2.34. The van der Waals surface area contributed by atoms with Crippen molar-refractivity contribution in [1.82, 2.24) is 0 Å². The number of rotatable bonds is 8. The molecule has 1 unspecified atom stereocenters. The fourth-order valence-electron chi connectivity index (χ4n) is 1.82. The van der Waals surface area contributed by atoms with Crippen LogP contribution in [0.1, 0.15) is 37.7 Å². The molecule has 0 bridgehead atoms. The van der Waals surface area contributed by atoms with Crippen LogP contribution in [0, 0.1) is 0 Å². The molecule has 1 rings (SSSR count). The highest BCUT2D eigenvalue weighted by Crippen LogP contribution is 2.23. The van der Waals surface area contributed by atoms with E-state index in [1.807, 2.05) is 6.08 Å². The van der Waals surface area contributed by atoms with Gasteiger partial charge in [0.25, 0.3) is 0 Å². The van der Waals surface area contributed by atoms with Crippen LogP contribution in [-0.2, 0) is 4.74 Å². The fourth-order valence-corrected chi connectivity index (χ4v) is 1.82. The maximum Gasteiger partial charge on any atom is 0.0471 e. The second-order valence-electron chi connectivity index (χ2n) is 4.03. The molecule has 0 aliphatic heterocycles. The highest BCUT2D eigenvalue weighted by atomic mass is 16.5. The second-order valence-corrected chi connectivity index (χ2v) is 4.03. The van der Waals surface area contributed by atoms with Gasteiger partial charge < -0.3 is 4.74 Å². The summed E-state index contributed by atoms with van der Waals surface area (Å²) in [4.78, 5) is 0. The van der Waals surface area contributed by atoms with Gasteiger partial charge in [-0.25, -0.2) is 0 Å². The minimum absolute atomic E-state index is 0.551. The van der Waals surface area contributed by atoms with Gasteiger partial charge in [0.05, 0.1) is 0 Å². The van der Waals surface area contributed by atoms with E-state index in [0.29, 0.717) is 5.92 Å². The lowest BCUT2D eigenvalue weighted by Gasteiger charge is -2.15. The van der Waals surface area contributed by atoms with Crippen molar-refractivity contribution in [2.75, 3.05) is 13.2 Å². The number of hydrogen-bond donors (Lipinski definition) is 0. The molecule has 0 spiro atoms. The van der Waals surface area contributed by atoms with E-state index in [1.54, 1.807) is 0 Å². The van der Waals surface area contributed by atoms with Gasteiger partial charge >= 0.3 is 0 Å².